The minimum Gasteiger partial charge on any atom is -0.392 e. The second-order valence-electron chi connectivity index (χ2n) is 4.81. The SMILES string of the molecule is NCC#Cc1ccc(S(=O)(=O)N2CCCC(O)C2)c(F)c1. The zero-order valence-corrected chi connectivity index (χ0v) is 12.2. The van der Waals surface area contributed by atoms with E-state index in [2.05, 4.69) is 11.8 Å². The van der Waals surface area contributed by atoms with Gasteiger partial charge in [-0.25, -0.2) is 12.8 Å². The molecule has 0 spiro atoms. The number of halogens is 1. The first-order chi connectivity index (χ1) is 9.95. The van der Waals surface area contributed by atoms with Crippen molar-refractivity contribution in [1.82, 2.24) is 4.31 Å². The monoisotopic (exact) mass is 312 g/mol. The fourth-order valence-corrected chi connectivity index (χ4v) is 3.78. The number of hydrogen-bond donors (Lipinski definition) is 2. The summed E-state index contributed by atoms with van der Waals surface area (Å²) in [4.78, 5) is -0.394. The number of piperidine rings is 1. The van der Waals surface area contributed by atoms with Gasteiger partial charge in [-0.15, -0.1) is 0 Å². The molecule has 2 rings (SSSR count). The predicted octanol–water partition coefficient (Wildman–Crippen LogP) is 0.281. The van der Waals surface area contributed by atoms with Crippen LogP contribution in [0.15, 0.2) is 23.1 Å². The first-order valence-electron chi connectivity index (χ1n) is 6.62. The average Bonchev–Trinajstić information content (AvgIpc) is 2.45. The number of hydrogen-bond acceptors (Lipinski definition) is 4. The summed E-state index contributed by atoms with van der Waals surface area (Å²) in [6.45, 7) is 0.428. The van der Waals surface area contributed by atoms with Gasteiger partial charge in [0.05, 0.1) is 12.6 Å². The van der Waals surface area contributed by atoms with Crippen molar-refractivity contribution in [3.8, 4) is 11.8 Å². The number of nitrogens with zero attached hydrogens (tertiary/aromatic N) is 1. The summed E-state index contributed by atoms with van der Waals surface area (Å²) in [6, 6.07) is 3.72. The molecule has 1 aliphatic rings. The van der Waals surface area contributed by atoms with Crippen LogP contribution in [0.2, 0.25) is 0 Å². The van der Waals surface area contributed by atoms with Crippen molar-refractivity contribution in [3.63, 3.8) is 0 Å². The van der Waals surface area contributed by atoms with Crippen LogP contribution in [0.3, 0.4) is 0 Å². The number of β-amino-alcohol motifs (C(OH)–C–C–N with tert-alkyl or cyclic N) is 1. The molecule has 7 heteroatoms. The number of nitrogens with two attached hydrogens (primary N) is 1. The molecule has 21 heavy (non-hydrogen) atoms. The van der Waals surface area contributed by atoms with Gasteiger partial charge in [-0.1, -0.05) is 11.8 Å². The van der Waals surface area contributed by atoms with Crippen LogP contribution in [0, 0.1) is 17.7 Å². The minimum atomic E-state index is -3.94. The second-order valence-corrected chi connectivity index (χ2v) is 6.72. The van der Waals surface area contributed by atoms with E-state index in [0.29, 0.717) is 18.4 Å². The van der Waals surface area contributed by atoms with Crippen LogP contribution in [0.4, 0.5) is 4.39 Å². The highest BCUT2D eigenvalue weighted by atomic mass is 32.2. The van der Waals surface area contributed by atoms with Gasteiger partial charge >= 0.3 is 0 Å². The van der Waals surface area contributed by atoms with Gasteiger partial charge < -0.3 is 10.8 Å². The zero-order valence-electron chi connectivity index (χ0n) is 11.4. The van der Waals surface area contributed by atoms with Crippen molar-refractivity contribution in [2.45, 2.75) is 23.8 Å². The fourth-order valence-electron chi connectivity index (χ4n) is 2.22. The number of sulfonamides is 1. The summed E-state index contributed by atoms with van der Waals surface area (Å²) in [5, 5.41) is 9.57. The van der Waals surface area contributed by atoms with Crippen molar-refractivity contribution in [2.24, 2.45) is 5.73 Å². The zero-order chi connectivity index (χ0) is 15.5. The van der Waals surface area contributed by atoms with Crippen molar-refractivity contribution < 1.29 is 17.9 Å². The van der Waals surface area contributed by atoms with Crippen molar-refractivity contribution in [3.05, 3.63) is 29.6 Å². The first kappa shape index (κ1) is 15.9. The van der Waals surface area contributed by atoms with Crippen LogP contribution < -0.4 is 5.73 Å². The van der Waals surface area contributed by atoms with Crippen molar-refractivity contribution >= 4 is 10.0 Å². The lowest BCUT2D eigenvalue weighted by molar-refractivity contribution is 0.108. The predicted molar refractivity (Wildman–Crippen MR) is 76.3 cm³/mol. The van der Waals surface area contributed by atoms with E-state index < -0.39 is 26.8 Å². The molecule has 1 fully saturated rings. The van der Waals surface area contributed by atoms with E-state index in [1.165, 1.54) is 12.1 Å². The number of rotatable bonds is 2. The molecule has 1 heterocycles. The van der Waals surface area contributed by atoms with Crippen LogP contribution in [0.5, 0.6) is 0 Å². The Labute approximate surface area is 123 Å². The lowest BCUT2D eigenvalue weighted by atomic mass is 10.1. The van der Waals surface area contributed by atoms with Crippen LogP contribution in [0.25, 0.3) is 0 Å². The van der Waals surface area contributed by atoms with Crippen LogP contribution >= 0.6 is 0 Å². The standard InChI is InChI=1S/C14H17FN2O3S/c15-13-9-11(3-1-7-16)5-6-14(13)21(19,20)17-8-2-4-12(18)10-17/h5-6,9,12,18H,2,4,7-8,10,16H2. The third-order valence-corrected chi connectivity index (χ3v) is 5.14. The highest BCUT2D eigenvalue weighted by Gasteiger charge is 2.31. The average molecular weight is 312 g/mol. The molecular weight excluding hydrogens is 295 g/mol. The van der Waals surface area contributed by atoms with Crippen LogP contribution in [-0.4, -0.2) is 43.6 Å². The molecule has 1 unspecified atom stereocenters. The smallest absolute Gasteiger partial charge is 0.246 e. The molecule has 0 amide bonds. The van der Waals surface area contributed by atoms with E-state index in [1.807, 2.05) is 0 Å². The minimum absolute atomic E-state index is 0.00347. The van der Waals surface area contributed by atoms with Crippen LogP contribution in [0.1, 0.15) is 18.4 Å². The second kappa shape index (κ2) is 6.54. The lowest BCUT2D eigenvalue weighted by Crippen LogP contribution is -2.42. The molecule has 1 atom stereocenters. The third-order valence-electron chi connectivity index (χ3n) is 3.24. The van der Waals surface area contributed by atoms with Gasteiger partial charge in [-0.2, -0.15) is 4.31 Å². The Bertz CT molecular complexity index is 679. The van der Waals surface area contributed by atoms with Gasteiger partial charge in [-0.3, -0.25) is 0 Å². The van der Waals surface area contributed by atoms with E-state index in [1.54, 1.807) is 0 Å². The normalized spacial score (nSPS) is 19.9. The Morgan fingerprint density at radius 3 is 2.86 bits per heavy atom. The van der Waals surface area contributed by atoms with E-state index in [-0.39, 0.29) is 19.6 Å². The Morgan fingerprint density at radius 2 is 2.24 bits per heavy atom. The van der Waals surface area contributed by atoms with E-state index >= 15 is 0 Å². The topological polar surface area (TPSA) is 83.6 Å². The summed E-state index contributed by atoms with van der Waals surface area (Å²) < 4.78 is 40.0. The summed E-state index contributed by atoms with van der Waals surface area (Å²) in [5.74, 6) is 4.38. The molecule has 0 bridgehead atoms. The van der Waals surface area contributed by atoms with Gasteiger partial charge in [0.25, 0.3) is 0 Å². The number of benzene rings is 1. The molecule has 1 aliphatic heterocycles. The highest BCUT2D eigenvalue weighted by molar-refractivity contribution is 7.89. The number of aliphatic hydroxyl groups is 1. The van der Waals surface area contributed by atoms with E-state index in [4.69, 9.17) is 5.73 Å². The molecule has 3 N–H and O–H groups in total. The van der Waals surface area contributed by atoms with Gasteiger partial charge in [-0.05, 0) is 31.0 Å². The van der Waals surface area contributed by atoms with Gasteiger partial charge in [0, 0.05) is 18.7 Å². The van der Waals surface area contributed by atoms with Crippen molar-refractivity contribution in [2.75, 3.05) is 19.6 Å². The molecule has 0 aliphatic carbocycles. The molecule has 0 aromatic heterocycles. The van der Waals surface area contributed by atoms with Crippen molar-refractivity contribution in [1.29, 1.82) is 0 Å². The first-order valence-corrected chi connectivity index (χ1v) is 8.06. The summed E-state index contributed by atoms with van der Waals surface area (Å²) >= 11 is 0. The Morgan fingerprint density at radius 1 is 1.48 bits per heavy atom. The van der Waals surface area contributed by atoms with Gasteiger partial charge in [0.1, 0.15) is 10.7 Å². The maximum absolute atomic E-state index is 14.1. The number of aliphatic hydroxyl groups excluding tert-OH is 1. The lowest BCUT2D eigenvalue weighted by Gasteiger charge is -2.29. The van der Waals surface area contributed by atoms with E-state index in [0.717, 1.165) is 10.4 Å². The maximum Gasteiger partial charge on any atom is 0.246 e. The molecule has 1 aromatic carbocycles. The van der Waals surface area contributed by atoms with Gasteiger partial charge in [0.15, 0.2) is 0 Å². The third kappa shape index (κ3) is 3.60. The van der Waals surface area contributed by atoms with E-state index in [9.17, 15) is 17.9 Å². The molecule has 114 valence electrons. The maximum atomic E-state index is 14.1. The highest BCUT2D eigenvalue weighted by Crippen LogP contribution is 2.23. The summed E-state index contributed by atoms with van der Waals surface area (Å²) in [7, 11) is -3.94. The Hall–Kier alpha value is -1.46. The quantitative estimate of drug-likeness (QED) is 0.769. The van der Waals surface area contributed by atoms with Crippen LogP contribution in [-0.2, 0) is 10.0 Å². The molecule has 1 saturated heterocycles. The molecule has 0 radical (unpaired) electrons. The molecular formula is C14H17FN2O3S. The fraction of sp³-hybridized carbons (Fsp3) is 0.429. The van der Waals surface area contributed by atoms with Gasteiger partial charge in [0.2, 0.25) is 10.0 Å². The Balaban J connectivity index is 2.32. The largest absolute Gasteiger partial charge is 0.392 e. The molecule has 0 saturated carbocycles. The molecule has 5 nitrogen and oxygen atoms in total. The molecule has 1 aromatic rings. The summed E-state index contributed by atoms with van der Waals surface area (Å²) in [6.07, 6.45) is 0.413. The summed E-state index contributed by atoms with van der Waals surface area (Å²) in [5.41, 5.74) is 5.60. The Kier molecular flexibility index (Phi) is 4.96.